The summed E-state index contributed by atoms with van der Waals surface area (Å²) in [6.07, 6.45) is 9.24. The van der Waals surface area contributed by atoms with E-state index >= 15 is 0 Å². The minimum atomic E-state index is -0.740. The molecule has 0 spiro atoms. The summed E-state index contributed by atoms with van der Waals surface area (Å²) in [5, 5.41) is 9.49. The Balaban J connectivity index is 1.26. The van der Waals surface area contributed by atoms with E-state index in [0.29, 0.717) is 40.6 Å². The molecule has 3 aromatic heterocycles. The quantitative estimate of drug-likeness (QED) is 0.351. The first-order valence-electron chi connectivity index (χ1n) is 13.3. The number of benzene rings is 1. The maximum absolute atomic E-state index is 13.6. The van der Waals surface area contributed by atoms with Gasteiger partial charge in [0, 0.05) is 30.9 Å². The third-order valence-corrected chi connectivity index (χ3v) is 7.83. The average molecular weight is 548 g/mol. The third kappa shape index (κ3) is 5.02. The lowest BCUT2D eigenvalue weighted by molar-refractivity contribution is -0.146. The largest absolute Gasteiger partial charge is 0.383 e. The molecule has 0 bridgehead atoms. The van der Waals surface area contributed by atoms with Crippen molar-refractivity contribution in [3.05, 3.63) is 53.4 Å². The Hall–Kier alpha value is -3.76. The van der Waals surface area contributed by atoms with Crippen LogP contribution in [0.5, 0.6) is 0 Å². The second-order valence-electron chi connectivity index (χ2n) is 10.5. The Morgan fingerprint density at radius 1 is 1.13 bits per heavy atom. The molecule has 1 aromatic carbocycles. The highest BCUT2D eigenvalue weighted by Gasteiger charge is 2.35. The van der Waals surface area contributed by atoms with Crippen molar-refractivity contribution in [2.75, 3.05) is 24.2 Å². The molecule has 202 valence electrons. The highest BCUT2D eigenvalue weighted by molar-refractivity contribution is 6.40. The fraction of sp³-hybridized carbons (Fsp3) is 0.393. The van der Waals surface area contributed by atoms with Crippen molar-refractivity contribution in [1.82, 2.24) is 24.6 Å². The monoisotopic (exact) mass is 547 g/mol. The van der Waals surface area contributed by atoms with Crippen molar-refractivity contribution in [3.63, 3.8) is 0 Å². The summed E-state index contributed by atoms with van der Waals surface area (Å²) in [6, 6.07) is 7.52. The van der Waals surface area contributed by atoms with Crippen molar-refractivity contribution >= 4 is 56.7 Å². The van der Waals surface area contributed by atoms with Crippen LogP contribution in [-0.2, 0) is 14.3 Å². The summed E-state index contributed by atoms with van der Waals surface area (Å²) in [5.74, 6) is -0.772. The molecule has 0 radical (unpaired) electrons. The Kier molecular flexibility index (Phi) is 6.82. The minimum absolute atomic E-state index is 0.196. The summed E-state index contributed by atoms with van der Waals surface area (Å²) in [5.41, 5.74) is 8.65. The van der Waals surface area contributed by atoms with Crippen LogP contribution in [0.1, 0.15) is 56.9 Å². The summed E-state index contributed by atoms with van der Waals surface area (Å²) in [4.78, 5) is 37.2. The Morgan fingerprint density at radius 3 is 2.82 bits per heavy atom. The van der Waals surface area contributed by atoms with Gasteiger partial charge in [-0.15, -0.1) is 0 Å². The summed E-state index contributed by atoms with van der Waals surface area (Å²) >= 11 is 6.09. The summed E-state index contributed by atoms with van der Waals surface area (Å²) in [6.45, 7) is 3.24. The minimum Gasteiger partial charge on any atom is -0.383 e. The first-order valence-corrected chi connectivity index (χ1v) is 13.7. The zero-order valence-corrected chi connectivity index (χ0v) is 22.4. The van der Waals surface area contributed by atoms with Gasteiger partial charge in [-0.1, -0.05) is 30.7 Å². The van der Waals surface area contributed by atoms with Gasteiger partial charge < -0.3 is 20.7 Å². The lowest BCUT2D eigenvalue weighted by Crippen LogP contribution is -2.46. The zero-order valence-electron chi connectivity index (χ0n) is 21.6. The molecule has 2 saturated heterocycles. The number of carbonyl (C=O) groups is 2. The average Bonchev–Trinajstić information content (AvgIpc) is 3.41. The Labute approximate surface area is 230 Å². The smallest absolute Gasteiger partial charge is 0.314 e. The maximum atomic E-state index is 13.6. The number of pyridine rings is 2. The van der Waals surface area contributed by atoms with Gasteiger partial charge in [0.25, 0.3) is 0 Å². The van der Waals surface area contributed by atoms with Crippen LogP contribution in [0.3, 0.4) is 0 Å². The fourth-order valence-electron chi connectivity index (χ4n) is 5.56. The van der Waals surface area contributed by atoms with Crippen LogP contribution < -0.4 is 11.1 Å². The van der Waals surface area contributed by atoms with Gasteiger partial charge in [0.05, 0.1) is 33.9 Å². The van der Waals surface area contributed by atoms with E-state index in [2.05, 4.69) is 27.3 Å². The number of halogens is 1. The molecule has 4 aromatic rings. The summed E-state index contributed by atoms with van der Waals surface area (Å²) in [7, 11) is 0. The number of nitrogens with one attached hydrogen (secondary N) is 1. The third-order valence-electron chi connectivity index (χ3n) is 7.63. The highest BCUT2D eigenvalue weighted by Crippen LogP contribution is 2.35. The van der Waals surface area contributed by atoms with Gasteiger partial charge in [-0.2, -0.15) is 5.10 Å². The molecule has 3 atom stereocenters. The van der Waals surface area contributed by atoms with E-state index in [1.807, 2.05) is 24.3 Å². The van der Waals surface area contributed by atoms with Gasteiger partial charge in [-0.05, 0) is 55.7 Å². The number of nitrogen functional groups attached to an aromatic ring is 1. The van der Waals surface area contributed by atoms with Gasteiger partial charge >= 0.3 is 11.8 Å². The van der Waals surface area contributed by atoms with Gasteiger partial charge in [0.15, 0.2) is 0 Å². The van der Waals surface area contributed by atoms with Crippen molar-refractivity contribution in [1.29, 1.82) is 0 Å². The topological polar surface area (TPSA) is 128 Å². The molecule has 3 N–H and O–H groups in total. The van der Waals surface area contributed by atoms with Crippen LogP contribution in [-0.4, -0.2) is 49.6 Å². The van der Waals surface area contributed by atoms with E-state index < -0.39 is 11.8 Å². The summed E-state index contributed by atoms with van der Waals surface area (Å²) < 4.78 is 7.57. The van der Waals surface area contributed by atoms with E-state index in [1.165, 1.54) is 6.20 Å². The molecular formula is C28H30ClN7O3. The van der Waals surface area contributed by atoms with E-state index in [4.69, 9.17) is 22.1 Å². The van der Waals surface area contributed by atoms with Gasteiger partial charge in [-0.3, -0.25) is 14.6 Å². The molecule has 39 heavy (non-hydrogen) atoms. The molecular weight excluding hydrogens is 518 g/mol. The highest BCUT2D eigenvalue weighted by atomic mass is 35.5. The predicted octanol–water partition coefficient (Wildman–Crippen LogP) is 4.85. The lowest BCUT2D eigenvalue weighted by Gasteiger charge is -2.38. The Bertz CT molecular complexity index is 1570. The molecule has 0 aliphatic carbocycles. The predicted molar refractivity (Wildman–Crippen MR) is 149 cm³/mol. The van der Waals surface area contributed by atoms with Crippen LogP contribution in [0, 0.1) is 5.92 Å². The van der Waals surface area contributed by atoms with E-state index in [9.17, 15) is 9.59 Å². The van der Waals surface area contributed by atoms with Crippen molar-refractivity contribution in [2.45, 2.75) is 51.3 Å². The van der Waals surface area contributed by atoms with E-state index in [1.54, 1.807) is 22.0 Å². The second kappa shape index (κ2) is 10.4. The fourth-order valence-corrected chi connectivity index (χ4v) is 5.73. The number of piperidine rings is 1. The van der Waals surface area contributed by atoms with Crippen molar-refractivity contribution < 1.29 is 14.3 Å². The molecule has 2 aliphatic rings. The Morgan fingerprint density at radius 2 is 2.00 bits per heavy atom. The number of nitrogens with zero attached hydrogens (tertiary/aromatic N) is 5. The van der Waals surface area contributed by atoms with Gasteiger partial charge in [0.2, 0.25) is 0 Å². The van der Waals surface area contributed by atoms with Crippen LogP contribution in [0.4, 0.5) is 11.5 Å². The molecule has 6 rings (SSSR count). The molecule has 2 aliphatic heterocycles. The number of fused-ring (bicyclic) bond motifs is 2. The van der Waals surface area contributed by atoms with Gasteiger partial charge in [0.1, 0.15) is 17.6 Å². The SMILES string of the molecule is C[C@H]1CC[C@H](c2ccc3cc(Cl)cnc3c2)N(C(=O)C(=O)Nc2cnc(N)c3cn(C4CCCCO4)nc23)C1. The molecule has 10 nitrogen and oxygen atoms in total. The van der Waals surface area contributed by atoms with Crippen molar-refractivity contribution in [3.8, 4) is 0 Å². The molecule has 1 unspecified atom stereocenters. The maximum Gasteiger partial charge on any atom is 0.314 e. The second-order valence-corrected chi connectivity index (χ2v) is 10.9. The van der Waals surface area contributed by atoms with E-state index in [-0.39, 0.29) is 18.2 Å². The lowest BCUT2D eigenvalue weighted by atomic mass is 9.89. The molecule has 2 fully saturated rings. The van der Waals surface area contributed by atoms with Crippen LogP contribution >= 0.6 is 11.6 Å². The molecule has 0 saturated carbocycles. The standard InChI is InChI=1S/C28H30ClN7O3/c1-16-5-8-23(18-7-6-17-10-19(29)12-31-21(17)11-18)35(14-16)28(38)27(37)33-22-13-32-26(30)20-15-36(34-25(20)22)24-4-2-3-9-39-24/h6-7,10-13,15-16,23-24H,2-5,8-9,14H2,1H3,(H2,30,32)(H,33,37)/t16-,23+,24?/m0/s1. The van der Waals surface area contributed by atoms with Crippen molar-refractivity contribution in [2.24, 2.45) is 5.92 Å². The van der Waals surface area contributed by atoms with E-state index in [0.717, 1.165) is 48.6 Å². The number of carbonyl (C=O) groups excluding carboxylic acids is 2. The number of rotatable bonds is 3. The number of ether oxygens (including phenoxy) is 1. The first kappa shape index (κ1) is 25.5. The molecule has 11 heteroatoms. The van der Waals surface area contributed by atoms with Crippen LogP contribution in [0.15, 0.2) is 42.9 Å². The van der Waals surface area contributed by atoms with Crippen LogP contribution in [0.25, 0.3) is 21.8 Å². The number of hydrogen-bond acceptors (Lipinski definition) is 7. The first-order chi connectivity index (χ1) is 18.9. The number of anilines is 2. The number of hydrogen-bond donors (Lipinski definition) is 2. The van der Waals surface area contributed by atoms with Crippen LogP contribution in [0.2, 0.25) is 5.02 Å². The number of aromatic nitrogens is 4. The number of amides is 2. The van der Waals surface area contributed by atoms with Gasteiger partial charge in [-0.25, -0.2) is 9.67 Å². The number of likely N-dealkylation sites (tertiary alicyclic amines) is 1. The number of nitrogens with two attached hydrogens (primary N) is 1. The molecule has 2 amide bonds. The molecule has 5 heterocycles. The normalized spacial score (nSPS) is 21.8. The zero-order chi connectivity index (χ0) is 27.1.